The Morgan fingerprint density at radius 3 is 1.81 bits per heavy atom. The first kappa shape index (κ1) is 14.6. The average Bonchev–Trinajstić information content (AvgIpc) is 2.09. The van der Waals surface area contributed by atoms with E-state index in [0.29, 0.717) is 0 Å². The minimum Gasteiger partial charge on any atom is -0.481 e. The van der Waals surface area contributed by atoms with Crippen LogP contribution in [-0.2, 0) is 9.59 Å². The van der Waals surface area contributed by atoms with E-state index in [9.17, 15) is 22.8 Å². The normalized spacial score (nSPS) is 17.6. The van der Waals surface area contributed by atoms with Crippen molar-refractivity contribution in [1.29, 1.82) is 0 Å². The molecule has 9 heteroatoms. The molecule has 0 spiro atoms. The van der Waals surface area contributed by atoms with Crippen molar-refractivity contribution in [2.75, 3.05) is 7.05 Å². The first-order valence-electron chi connectivity index (χ1n) is 4.00. The third-order valence-corrected chi connectivity index (χ3v) is 1.90. The number of aliphatic hydroxyl groups is 1. The van der Waals surface area contributed by atoms with Crippen LogP contribution in [0.1, 0.15) is 0 Å². The number of halogens is 3. The number of carboxylic acids is 2. The van der Waals surface area contributed by atoms with Gasteiger partial charge in [0.1, 0.15) is 12.0 Å². The third-order valence-electron chi connectivity index (χ3n) is 1.90. The van der Waals surface area contributed by atoms with Gasteiger partial charge in [0.15, 0.2) is 6.10 Å². The van der Waals surface area contributed by atoms with Gasteiger partial charge in [0.2, 0.25) is 0 Å². The third kappa shape index (κ3) is 3.35. The Kier molecular flexibility index (Phi) is 4.69. The molecule has 0 aliphatic heterocycles. The van der Waals surface area contributed by atoms with Gasteiger partial charge in [0.25, 0.3) is 0 Å². The molecule has 0 rings (SSSR count). The Balaban J connectivity index is 5.18. The minimum atomic E-state index is -4.98. The fourth-order valence-corrected chi connectivity index (χ4v) is 1.16. The summed E-state index contributed by atoms with van der Waals surface area (Å²) in [5.41, 5.74) is 0. The number of aliphatic carboxylic acids is 2. The molecule has 0 unspecified atom stereocenters. The zero-order valence-electron chi connectivity index (χ0n) is 8.02. The van der Waals surface area contributed by atoms with Gasteiger partial charge < -0.3 is 20.6 Å². The average molecular weight is 245 g/mol. The number of hydrogen-bond acceptors (Lipinski definition) is 4. The predicted molar refractivity (Wildman–Crippen MR) is 43.7 cm³/mol. The van der Waals surface area contributed by atoms with Crippen molar-refractivity contribution in [3.05, 3.63) is 0 Å². The highest BCUT2D eigenvalue weighted by atomic mass is 19.4. The van der Waals surface area contributed by atoms with E-state index in [2.05, 4.69) is 0 Å². The summed E-state index contributed by atoms with van der Waals surface area (Å²) in [7, 11) is 0.822. The highest BCUT2D eigenvalue weighted by molar-refractivity contribution is 5.82. The largest absolute Gasteiger partial charge is 0.481 e. The maximum Gasteiger partial charge on any atom is 0.404 e. The van der Waals surface area contributed by atoms with Crippen LogP contribution < -0.4 is 5.32 Å². The first-order chi connectivity index (χ1) is 7.12. The summed E-state index contributed by atoms with van der Waals surface area (Å²) in [4.78, 5) is 20.8. The summed E-state index contributed by atoms with van der Waals surface area (Å²) in [5.74, 6) is -6.59. The lowest BCUT2D eigenvalue weighted by Crippen LogP contribution is -2.54. The molecular weight excluding hydrogens is 235 g/mol. The van der Waals surface area contributed by atoms with Crippen molar-refractivity contribution in [2.45, 2.75) is 18.3 Å². The summed E-state index contributed by atoms with van der Waals surface area (Å²) in [6, 6.07) is -2.64. The molecule has 0 fully saturated rings. The molecule has 0 heterocycles. The lowest BCUT2D eigenvalue weighted by atomic mass is 9.93. The van der Waals surface area contributed by atoms with E-state index in [-0.39, 0.29) is 0 Å². The van der Waals surface area contributed by atoms with Crippen molar-refractivity contribution in [1.82, 2.24) is 5.32 Å². The summed E-state index contributed by atoms with van der Waals surface area (Å²) < 4.78 is 37.0. The van der Waals surface area contributed by atoms with E-state index in [1.807, 2.05) is 0 Å². The SMILES string of the molecule is CN[C@H]([C@H](C(=O)O)[C@H](O)C(=O)O)C(F)(F)F. The van der Waals surface area contributed by atoms with Gasteiger partial charge in [-0.2, -0.15) is 13.2 Å². The Hall–Kier alpha value is -1.35. The van der Waals surface area contributed by atoms with Crippen LogP contribution in [-0.4, -0.2) is 52.6 Å². The number of rotatable bonds is 5. The molecule has 94 valence electrons. The number of aliphatic hydroxyl groups excluding tert-OH is 1. The molecule has 3 atom stereocenters. The van der Waals surface area contributed by atoms with E-state index in [1.54, 1.807) is 5.32 Å². The highest BCUT2D eigenvalue weighted by Gasteiger charge is 2.51. The molecule has 0 aromatic heterocycles. The smallest absolute Gasteiger partial charge is 0.404 e. The second-order valence-corrected chi connectivity index (χ2v) is 2.96. The molecule has 0 radical (unpaired) electrons. The fraction of sp³-hybridized carbons (Fsp3) is 0.714. The standard InChI is InChI=1S/C7H10F3NO5/c1-11-4(7(8,9)10)2(5(13)14)3(12)6(15)16/h2-4,11-12H,1H3,(H,13,14)(H,15,16)/t2-,3+,4-/m1/s1. The van der Waals surface area contributed by atoms with Crippen molar-refractivity contribution in [2.24, 2.45) is 5.92 Å². The van der Waals surface area contributed by atoms with Crippen LogP contribution in [0.15, 0.2) is 0 Å². The maximum absolute atomic E-state index is 12.3. The van der Waals surface area contributed by atoms with E-state index in [1.165, 1.54) is 0 Å². The maximum atomic E-state index is 12.3. The van der Waals surface area contributed by atoms with E-state index >= 15 is 0 Å². The van der Waals surface area contributed by atoms with Gasteiger partial charge in [-0.1, -0.05) is 0 Å². The molecule has 16 heavy (non-hydrogen) atoms. The number of carbonyl (C=O) groups is 2. The van der Waals surface area contributed by atoms with Crippen molar-refractivity contribution >= 4 is 11.9 Å². The quantitative estimate of drug-likeness (QED) is 0.509. The molecule has 0 bridgehead atoms. The topological polar surface area (TPSA) is 107 Å². The second-order valence-electron chi connectivity index (χ2n) is 2.96. The summed E-state index contributed by atoms with van der Waals surface area (Å²) in [5, 5.41) is 27.3. The van der Waals surface area contributed by atoms with Crippen LogP contribution in [0.4, 0.5) is 13.2 Å². The van der Waals surface area contributed by atoms with Gasteiger partial charge >= 0.3 is 18.1 Å². The van der Waals surface area contributed by atoms with Crippen LogP contribution in [0.5, 0.6) is 0 Å². The lowest BCUT2D eigenvalue weighted by Gasteiger charge is -2.27. The van der Waals surface area contributed by atoms with E-state index < -0.39 is 36.2 Å². The zero-order chi connectivity index (χ0) is 13.1. The Morgan fingerprint density at radius 1 is 1.19 bits per heavy atom. The predicted octanol–water partition coefficient (Wildman–Crippen LogP) is -0.717. The fourth-order valence-electron chi connectivity index (χ4n) is 1.16. The minimum absolute atomic E-state index is 0.822. The van der Waals surface area contributed by atoms with E-state index in [0.717, 1.165) is 7.05 Å². The first-order valence-corrected chi connectivity index (χ1v) is 4.00. The van der Waals surface area contributed by atoms with Gasteiger partial charge in [-0.3, -0.25) is 4.79 Å². The second kappa shape index (κ2) is 5.12. The van der Waals surface area contributed by atoms with Gasteiger partial charge in [-0.25, -0.2) is 4.79 Å². The Morgan fingerprint density at radius 2 is 1.62 bits per heavy atom. The van der Waals surface area contributed by atoms with Crippen LogP contribution in [0.2, 0.25) is 0 Å². The number of carboxylic acid groups (broad SMARTS) is 2. The monoisotopic (exact) mass is 245 g/mol. The van der Waals surface area contributed by atoms with Gasteiger partial charge in [0, 0.05) is 0 Å². The molecule has 0 aliphatic rings. The molecule has 0 aromatic carbocycles. The molecule has 0 saturated heterocycles. The zero-order valence-corrected chi connectivity index (χ0v) is 8.02. The van der Waals surface area contributed by atoms with Crippen LogP contribution in [0.3, 0.4) is 0 Å². The van der Waals surface area contributed by atoms with Crippen LogP contribution in [0, 0.1) is 5.92 Å². The lowest BCUT2D eigenvalue weighted by molar-refractivity contribution is -0.191. The van der Waals surface area contributed by atoms with Crippen molar-refractivity contribution < 1.29 is 38.1 Å². The number of alkyl halides is 3. The van der Waals surface area contributed by atoms with Crippen molar-refractivity contribution in [3.63, 3.8) is 0 Å². The molecule has 4 N–H and O–H groups in total. The molecular formula is C7H10F3NO5. The van der Waals surface area contributed by atoms with E-state index in [4.69, 9.17) is 15.3 Å². The summed E-state index contributed by atoms with van der Waals surface area (Å²) >= 11 is 0. The Labute approximate surface area is 87.7 Å². The van der Waals surface area contributed by atoms with Crippen LogP contribution >= 0.6 is 0 Å². The number of nitrogens with one attached hydrogen (secondary N) is 1. The summed E-state index contributed by atoms with van der Waals surface area (Å²) in [6.45, 7) is 0. The summed E-state index contributed by atoms with van der Waals surface area (Å²) in [6.07, 6.45) is -7.62. The van der Waals surface area contributed by atoms with Gasteiger partial charge in [-0.15, -0.1) is 0 Å². The van der Waals surface area contributed by atoms with Crippen LogP contribution in [0.25, 0.3) is 0 Å². The van der Waals surface area contributed by atoms with Gasteiger partial charge in [0.05, 0.1) is 0 Å². The molecule has 0 saturated carbocycles. The molecule has 6 nitrogen and oxygen atoms in total. The highest BCUT2D eigenvalue weighted by Crippen LogP contribution is 2.27. The van der Waals surface area contributed by atoms with Gasteiger partial charge in [-0.05, 0) is 7.05 Å². The Bertz CT molecular complexity index is 280. The van der Waals surface area contributed by atoms with Crippen molar-refractivity contribution in [3.8, 4) is 0 Å². The molecule has 0 amide bonds. The number of hydrogen-bond donors (Lipinski definition) is 4. The molecule has 0 aromatic rings. The molecule has 0 aliphatic carbocycles.